The van der Waals surface area contributed by atoms with Crippen molar-refractivity contribution in [2.45, 2.75) is 58.4 Å². The van der Waals surface area contributed by atoms with Gasteiger partial charge in [0.15, 0.2) is 5.96 Å². The molecule has 6 nitrogen and oxygen atoms in total. The Labute approximate surface area is 197 Å². The first-order chi connectivity index (χ1) is 15.8. The lowest BCUT2D eigenvalue weighted by molar-refractivity contribution is -0.138. The van der Waals surface area contributed by atoms with Crippen LogP contribution in [0.4, 0.5) is 13.2 Å². The zero-order valence-electron chi connectivity index (χ0n) is 19.6. The molecule has 0 saturated heterocycles. The van der Waals surface area contributed by atoms with E-state index in [4.69, 9.17) is 5.73 Å². The number of nitrogens with zero attached hydrogens (tertiary/aromatic N) is 2. The molecule has 182 valence electrons. The van der Waals surface area contributed by atoms with Crippen LogP contribution in [0.3, 0.4) is 0 Å². The maximum Gasteiger partial charge on any atom is 0.417 e. The molecule has 0 aliphatic carbocycles. The van der Waals surface area contributed by atoms with Gasteiger partial charge < -0.3 is 11.1 Å². The number of rotatable bonds is 6. The second-order valence-corrected chi connectivity index (χ2v) is 9.12. The van der Waals surface area contributed by atoms with E-state index in [2.05, 4.69) is 10.3 Å². The van der Waals surface area contributed by atoms with E-state index in [1.165, 1.54) is 11.0 Å². The van der Waals surface area contributed by atoms with Gasteiger partial charge in [0.05, 0.1) is 35.7 Å². The van der Waals surface area contributed by atoms with Crippen molar-refractivity contribution in [3.05, 3.63) is 70.8 Å². The molecule has 3 rings (SSSR count). The molecule has 2 atom stereocenters. The van der Waals surface area contributed by atoms with Gasteiger partial charge in [-0.2, -0.15) is 13.2 Å². The van der Waals surface area contributed by atoms with Crippen molar-refractivity contribution in [3.63, 3.8) is 0 Å². The Bertz CT molecular complexity index is 1100. The molecule has 34 heavy (non-hydrogen) atoms. The van der Waals surface area contributed by atoms with Gasteiger partial charge in [0.1, 0.15) is 0 Å². The number of halogens is 3. The van der Waals surface area contributed by atoms with Crippen molar-refractivity contribution in [1.29, 1.82) is 0 Å². The minimum Gasteiger partial charge on any atom is -0.369 e. The molecule has 9 heteroatoms. The van der Waals surface area contributed by atoms with E-state index in [0.717, 1.165) is 17.7 Å². The third kappa shape index (κ3) is 5.40. The largest absolute Gasteiger partial charge is 0.417 e. The highest BCUT2D eigenvalue weighted by Crippen LogP contribution is 2.34. The third-order valence-electron chi connectivity index (χ3n) is 6.32. The van der Waals surface area contributed by atoms with E-state index in [9.17, 15) is 22.8 Å². The molecule has 0 unspecified atom stereocenters. The highest BCUT2D eigenvalue weighted by molar-refractivity contribution is 5.99. The van der Waals surface area contributed by atoms with Crippen LogP contribution in [-0.2, 0) is 17.5 Å². The number of benzene rings is 2. The Morgan fingerprint density at radius 3 is 2.38 bits per heavy atom. The maximum absolute atomic E-state index is 13.7. The number of hydrogen-bond donors (Lipinski definition) is 2. The van der Waals surface area contributed by atoms with Crippen molar-refractivity contribution in [2.75, 3.05) is 0 Å². The number of carbonyl (C=O) groups excluding carboxylic acids is 2. The van der Waals surface area contributed by atoms with Crippen LogP contribution in [0.5, 0.6) is 0 Å². The highest BCUT2D eigenvalue weighted by Gasteiger charge is 2.39. The number of aliphatic imine (C=N–C) groups is 1. The average molecular weight is 475 g/mol. The fourth-order valence-electron chi connectivity index (χ4n) is 3.80. The summed E-state index contributed by atoms with van der Waals surface area (Å²) in [5.74, 6) is -1.04. The molecule has 0 radical (unpaired) electrons. The first-order valence-electron chi connectivity index (χ1n) is 11.0. The Morgan fingerprint density at radius 1 is 1.18 bits per heavy atom. The molecule has 1 aliphatic rings. The van der Waals surface area contributed by atoms with Crippen LogP contribution in [-0.4, -0.2) is 28.2 Å². The van der Waals surface area contributed by atoms with Crippen molar-refractivity contribution < 1.29 is 22.8 Å². The van der Waals surface area contributed by atoms with Gasteiger partial charge in [-0.3, -0.25) is 14.5 Å². The summed E-state index contributed by atoms with van der Waals surface area (Å²) in [4.78, 5) is 31.4. The summed E-state index contributed by atoms with van der Waals surface area (Å²) < 4.78 is 41.0. The van der Waals surface area contributed by atoms with Crippen LogP contribution in [0.2, 0.25) is 0 Å². The molecular formula is C25H29F3N4O2. The van der Waals surface area contributed by atoms with Crippen LogP contribution in [0.1, 0.15) is 67.2 Å². The van der Waals surface area contributed by atoms with Crippen LogP contribution >= 0.6 is 0 Å². The highest BCUT2D eigenvalue weighted by atomic mass is 19.4. The van der Waals surface area contributed by atoms with Crippen molar-refractivity contribution in [3.8, 4) is 0 Å². The lowest BCUT2D eigenvalue weighted by atomic mass is 9.84. The lowest BCUT2D eigenvalue weighted by Gasteiger charge is -2.37. The summed E-state index contributed by atoms with van der Waals surface area (Å²) >= 11 is 0. The molecule has 3 N–H and O–H groups in total. The predicted octanol–water partition coefficient (Wildman–Crippen LogP) is 4.66. The minimum atomic E-state index is -4.72. The standard InChI is InChI=1S/C25H29F3N4O2/c1-15(2)24(4)13-21(33)32(23(29)31-24)14-17-10-11-20(25(26,27)28)19(12-17)22(34)30-16(3)18-8-6-5-7-9-18/h5-12,15-16H,13-14H2,1-4H3,(H2,29,31)(H,30,34)/t16-,24-/m0/s1. The summed E-state index contributed by atoms with van der Waals surface area (Å²) in [5.41, 5.74) is 4.95. The first-order valence-corrected chi connectivity index (χ1v) is 11.0. The Kier molecular flexibility index (Phi) is 7.05. The smallest absolute Gasteiger partial charge is 0.369 e. The molecule has 2 amide bonds. The number of hydrogen-bond acceptors (Lipinski definition) is 4. The summed E-state index contributed by atoms with van der Waals surface area (Å²) in [6.45, 7) is 7.33. The van der Waals surface area contributed by atoms with Crippen LogP contribution < -0.4 is 11.1 Å². The molecule has 2 aromatic rings. The van der Waals surface area contributed by atoms with Gasteiger partial charge in [-0.25, -0.2) is 4.99 Å². The molecule has 0 aromatic heterocycles. The summed E-state index contributed by atoms with van der Waals surface area (Å²) in [5, 5.41) is 2.63. The number of alkyl halides is 3. The average Bonchev–Trinajstić information content (AvgIpc) is 2.76. The summed E-state index contributed by atoms with van der Waals surface area (Å²) in [6.07, 6.45) is -4.59. The van der Waals surface area contributed by atoms with Gasteiger partial charge in [0.2, 0.25) is 5.91 Å². The van der Waals surface area contributed by atoms with E-state index >= 15 is 0 Å². The maximum atomic E-state index is 13.7. The topological polar surface area (TPSA) is 87.8 Å². The van der Waals surface area contributed by atoms with Gasteiger partial charge in [0.25, 0.3) is 5.91 Å². The second kappa shape index (κ2) is 9.48. The van der Waals surface area contributed by atoms with Crippen LogP contribution in [0, 0.1) is 5.92 Å². The summed E-state index contributed by atoms with van der Waals surface area (Å²) in [7, 11) is 0. The monoisotopic (exact) mass is 474 g/mol. The van der Waals surface area contributed by atoms with E-state index in [1.54, 1.807) is 31.2 Å². The molecule has 0 spiro atoms. The van der Waals surface area contributed by atoms with E-state index in [-0.39, 0.29) is 30.8 Å². The zero-order chi connectivity index (χ0) is 25.3. The van der Waals surface area contributed by atoms with Gasteiger partial charge in [-0.1, -0.05) is 50.2 Å². The van der Waals surface area contributed by atoms with Crippen molar-refractivity contribution in [1.82, 2.24) is 10.2 Å². The number of nitrogens with one attached hydrogen (secondary N) is 1. The van der Waals surface area contributed by atoms with Crippen molar-refractivity contribution in [2.24, 2.45) is 16.6 Å². The van der Waals surface area contributed by atoms with Gasteiger partial charge in [-0.15, -0.1) is 0 Å². The number of nitrogens with two attached hydrogens (primary N) is 1. The molecule has 0 fully saturated rings. The fraction of sp³-hybridized carbons (Fsp3) is 0.400. The Hall–Kier alpha value is -3.36. The van der Waals surface area contributed by atoms with E-state index in [1.807, 2.05) is 26.8 Å². The molecule has 0 bridgehead atoms. The minimum absolute atomic E-state index is 0.0102. The van der Waals surface area contributed by atoms with E-state index in [0.29, 0.717) is 5.56 Å². The number of guanidine groups is 1. The quantitative estimate of drug-likeness (QED) is 0.639. The molecule has 1 aliphatic heterocycles. The van der Waals surface area contributed by atoms with Gasteiger partial charge >= 0.3 is 6.18 Å². The van der Waals surface area contributed by atoms with Gasteiger partial charge in [0, 0.05) is 0 Å². The molecule has 1 heterocycles. The fourth-order valence-corrected chi connectivity index (χ4v) is 3.80. The molecule has 0 saturated carbocycles. The number of carbonyl (C=O) groups is 2. The SMILES string of the molecule is CC(C)[C@]1(C)CC(=O)N(Cc2ccc(C(F)(F)F)c(C(=O)N[C@@H](C)c3ccccc3)c2)C(N)=N1. The van der Waals surface area contributed by atoms with Crippen LogP contribution in [0.25, 0.3) is 0 Å². The Morgan fingerprint density at radius 2 is 1.82 bits per heavy atom. The van der Waals surface area contributed by atoms with Crippen molar-refractivity contribution >= 4 is 17.8 Å². The molecule has 2 aromatic carbocycles. The first kappa shape index (κ1) is 25.3. The third-order valence-corrected chi connectivity index (χ3v) is 6.32. The Balaban J connectivity index is 1.90. The summed E-state index contributed by atoms with van der Waals surface area (Å²) in [6, 6.07) is 11.7. The lowest BCUT2D eigenvalue weighted by Crippen LogP contribution is -2.51. The normalized spacial score (nSPS) is 19.7. The number of amides is 2. The van der Waals surface area contributed by atoms with E-state index < -0.39 is 34.8 Å². The van der Waals surface area contributed by atoms with Gasteiger partial charge in [-0.05, 0) is 43.0 Å². The van der Waals surface area contributed by atoms with Crippen LogP contribution in [0.15, 0.2) is 53.5 Å². The predicted molar refractivity (Wildman–Crippen MR) is 124 cm³/mol. The zero-order valence-corrected chi connectivity index (χ0v) is 19.6. The molecular weight excluding hydrogens is 445 g/mol. The second-order valence-electron chi connectivity index (χ2n) is 9.12.